The first kappa shape index (κ1) is 114. The van der Waals surface area contributed by atoms with Gasteiger partial charge in [-0.1, -0.05) is 115 Å². The summed E-state index contributed by atoms with van der Waals surface area (Å²) in [6.07, 6.45) is 23.9. The van der Waals surface area contributed by atoms with Crippen LogP contribution in [0.2, 0.25) is 0 Å². The Morgan fingerprint density at radius 2 is 0.917 bits per heavy atom. The minimum Gasteiger partial charge on any atom is -0.493 e. The van der Waals surface area contributed by atoms with Gasteiger partial charge in [-0.05, 0) is 305 Å². The smallest absolute Gasteiger partial charge is 0.320 e. The maximum absolute atomic E-state index is 11.6. The van der Waals surface area contributed by atoms with E-state index in [1.807, 2.05) is 77.0 Å². The molecule has 15 aliphatic rings. The molecule has 3 aromatic rings. The number of carbonyl (C=O) groups is 11. The normalized spacial score (nSPS) is 27.8. The quantitative estimate of drug-likeness (QED) is 0.145. The third kappa shape index (κ3) is 30.7. The first-order chi connectivity index (χ1) is 61.2. The standard InChI is InChI=1S/C14H19NO3.C13H17NO.C12H15NO.C11H19NO.2C10H17NO.C9H16N2OS.C9H15NOS2.C7H12N2O2.C7H13NO.2CH4/c1-9(16)12-5-10-6-13(17-3)14(18-4)7-11(10)8-15(12)2;1-10(15)9-14(2)13-7-11-5-3-4-6-12(11)8-13;1-9(14)12-7-10-5-3-4-6-11(10)8-13(12)2;1-8(13)11-7-9-5-3-4-6-10(9)12(11)2;1-7(12)10-8-3-5-9(6-4-8)11(10)2;1-7(12)10-6-8-4-3-5-9(8)11(10)2;1-6(12)7-11(5)10-8(13-7)9(2,3)4;1-7(11)8-5-9(6-10(8)2)12-3-4-13-9;1-5(10)6-4-8(2)7(11)9(6)3;1-6(9)7-4-3-5-8(7)2;;/h6-7,12H,5,8H2,1-4H3;3-6,13H,7-9H2,1-2H3;3-6,12H,7-8H2,1-2H3;9-11H,3-7H2,1-2H3;2*8-10H,3-6H2,1-2H3;7H,1-5H3;8H,3-6H2,1-2H3;6H,4H2,1-3H3;7H,3-5H2,1-2H3;2*1H4/t12-;;12-;9?,10?,11-;2*8?,9?,10-;7-;8-;6-;7-;;/m0.00100000../s1. The van der Waals surface area contributed by atoms with Crippen LogP contribution in [-0.4, -0.2) is 334 Å². The van der Waals surface area contributed by atoms with Crippen LogP contribution in [0.1, 0.15) is 241 Å². The summed E-state index contributed by atoms with van der Waals surface area (Å²) in [6.45, 7) is 27.9. The number of Topliss-reactive ketones (excluding diaryl/α,β-unsaturated/α-hetero) is 10. The predicted octanol–water partition coefficient (Wildman–Crippen LogP) is 15.0. The predicted molar refractivity (Wildman–Crippen MR) is 541 cm³/mol. The molecule has 2 bridgehead atoms. The molecule has 740 valence electrons. The van der Waals surface area contributed by atoms with Gasteiger partial charge in [0.25, 0.3) is 0 Å². The number of ether oxygens (including phenoxy) is 2. The Labute approximate surface area is 807 Å². The molecule has 8 saturated heterocycles. The Kier molecular flexibility index (Phi) is 45.2. The summed E-state index contributed by atoms with van der Waals surface area (Å²) < 4.78 is 11.0. The molecule has 0 N–H and O–H groups in total. The number of fused-ring (bicyclic) bond motifs is 8. The van der Waals surface area contributed by atoms with Crippen molar-refractivity contribution in [1.29, 1.82) is 0 Å². The molecule has 4 aliphatic carbocycles. The molecular weight excluding hydrogens is 1720 g/mol. The number of nitrogens with zero attached hydrogens (tertiary/aromatic N) is 12. The summed E-state index contributed by atoms with van der Waals surface area (Å²) in [5.41, 5.74) is 7.98. The second-order valence-electron chi connectivity index (χ2n) is 40.2. The topological polar surface area (TPSA) is 254 Å². The fourth-order valence-corrected chi connectivity index (χ4v) is 26.5. The van der Waals surface area contributed by atoms with Crippen LogP contribution < -0.4 is 9.47 Å². The van der Waals surface area contributed by atoms with E-state index in [0.29, 0.717) is 70.1 Å². The summed E-state index contributed by atoms with van der Waals surface area (Å²) in [5, 5.41) is 7.02. The highest BCUT2D eigenvalue weighted by molar-refractivity contribution is 8.21. The van der Waals surface area contributed by atoms with Crippen LogP contribution in [0.4, 0.5) is 4.79 Å². The average Bonchev–Trinajstić information content (AvgIpc) is 1.47. The van der Waals surface area contributed by atoms with Crippen molar-refractivity contribution < 1.29 is 62.2 Å². The summed E-state index contributed by atoms with van der Waals surface area (Å²) in [7, 11) is 24.9. The highest BCUT2D eigenvalue weighted by Gasteiger charge is 2.49. The van der Waals surface area contributed by atoms with Gasteiger partial charge >= 0.3 is 6.03 Å². The maximum atomic E-state index is 11.6. The van der Waals surface area contributed by atoms with Gasteiger partial charge in [0.15, 0.2) is 28.4 Å². The van der Waals surface area contributed by atoms with Crippen molar-refractivity contribution in [2.45, 2.75) is 328 Å². The molecule has 132 heavy (non-hydrogen) atoms. The summed E-state index contributed by atoms with van der Waals surface area (Å²) >= 11 is 5.65. The highest BCUT2D eigenvalue weighted by Crippen LogP contribution is 2.52. The summed E-state index contributed by atoms with van der Waals surface area (Å²) in [4.78, 5) is 144. The molecule has 11 heterocycles. The zero-order valence-electron chi connectivity index (χ0n) is 83.7. The van der Waals surface area contributed by atoms with Crippen molar-refractivity contribution in [2.75, 3.05) is 129 Å². The van der Waals surface area contributed by atoms with Gasteiger partial charge in [0, 0.05) is 88.4 Å². The Morgan fingerprint density at radius 3 is 1.29 bits per heavy atom. The number of benzene rings is 3. The van der Waals surface area contributed by atoms with Gasteiger partial charge in [0.2, 0.25) is 0 Å². The van der Waals surface area contributed by atoms with Gasteiger partial charge in [0.05, 0.1) is 67.1 Å². The largest absolute Gasteiger partial charge is 0.493 e. The van der Waals surface area contributed by atoms with Crippen LogP contribution in [0, 0.1) is 23.2 Å². The van der Waals surface area contributed by atoms with Gasteiger partial charge in [-0.2, -0.15) is 5.10 Å². The number of likely N-dealkylation sites (tertiary alicyclic amines) is 4. The Hall–Kier alpha value is -6.57. The lowest BCUT2D eigenvalue weighted by molar-refractivity contribution is -0.129. The van der Waals surface area contributed by atoms with E-state index in [4.69, 9.17) is 9.47 Å². The molecular formula is C104H168N12O13S3. The number of hydrazone groups is 1. The third-order valence-corrected chi connectivity index (χ3v) is 34.6. The molecule has 0 aromatic heterocycles. The number of rotatable bonds is 14. The first-order valence-electron chi connectivity index (χ1n) is 47.5. The van der Waals surface area contributed by atoms with Crippen molar-refractivity contribution in [1.82, 2.24) is 54.0 Å². The van der Waals surface area contributed by atoms with Crippen molar-refractivity contribution in [3.63, 3.8) is 0 Å². The maximum Gasteiger partial charge on any atom is 0.320 e. The van der Waals surface area contributed by atoms with E-state index in [1.165, 1.54) is 134 Å². The zero-order valence-corrected chi connectivity index (χ0v) is 86.2. The fraction of sp³-hybridized carbons (Fsp3) is 0.712. The van der Waals surface area contributed by atoms with Crippen molar-refractivity contribution >= 4 is 104 Å². The number of carbonyl (C=O) groups excluding carboxylic acids is 11. The van der Waals surface area contributed by atoms with Crippen molar-refractivity contribution in [3.05, 3.63) is 94.0 Å². The van der Waals surface area contributed by atoms with Crippen LogP contribution >= 0.6 is 35.3 Å². The number of methoxy groups -OCH3 is 2. The lowest BCUT2D eigenvalue weighted by atomic mass is 9.74. The number of hydrogen-bond donors (Lipinski definition) is 0. The van der Waals surface area contributed by atoms with Gasteiger partial charge in [-0.3, -0.25) is 92.2 Å². The van der Waals surface area contributed by atoms with Gasteiger partial charge in [-0.25, -0.2) is 4.79 Å². The number of amides is 2. The van der Waals surface area contributed by atoms with Crippen molar-refractivity contribution in [2.24, 2.45) is 28.3 Å². The van der Waals surface area contributed by atoms with E-state index in [1.54, 1.807) is 112 Å². The van der Waals surface area contributed by atoms with Crippen LogP contribution in [0.15, 0.2) is 65.8 Å². The Balaban J connectivity index is 0.000000226. The van der Waals surface area contributed by atoms with Crippen molar-refractivity contribution in [3.8, 4) is 11.5 Å². The van der Waals surface area contributed by atoms with Crippen LogP contribution in [0.25, 0.3) is 0 Å². The molecule has 13 atom stereocenters. The molecule has 18 rings (SSSR count). The number of piperidine rings is 2. The zero-order chi connectivity index (χ0) is 96.2. The lowest BCUT2D eigenvalue weighted by Gasteiger charge is -2.48. The second kappa shape index (κ2) is 52.3. The minimum absolute atomic E-state index is 0. The first-order valence-corrected chi connectivity index (χ1v) is 50.4. The van der Waals surface area contributed by atoms with E-state index >= 15 is 0 Å². The van der Waals surface area contributed by atoms with E-state index in [0.717, 1.165) is 112 Å². The average molecular weight is 1890 g/mol. The molecule has 1 spiro atoms. The Bertz CT molecular complexity index is 4360. The minimum atomic E-state index is -0.243. The van der Waals surface area contributed by atoms with Crippen LogP contribution in [-0.2, 0) is 86.7 Å². The lowest BCUT2D eigenvalue weighted by Crippen LogP contribution is -2.55. The monoisotopic (exact) mass is 1890 g/mol. The van der Waals surface area contributed by atoms with E-state index in [9.17, 15) is 52.7 Å². The van der Waals surface area contributed by atoms with E-state index in [2.05, 4.69) is 136 Å². The van der Waals surface area contributed by atoms with Crippen LogP contribution in [0.5, 0.6) is 11.5 Å². The second-order valence-corrected chi connectivity index (χ2v) is 44.5. The highest BCUT2D eigenvalue weighted by atomic mass is 32.2. The molecule has 0 radical (unpaired) electrons. The molecule has 11 fully saturated rings. The molecule has 4 unspecified atom stereocenters. The van der Waals surface area contributed by atoms with Gasteiger partial charge in [0.1, 0.15) is 57.4 Å². The molecule has 2 amide bonds. The fourth-order valence-electron chi connectivity index (χ4n) is 22.0. The molecule has 25 nitrogen and oxygen atoms in total. The Morgan fingerprint density at radius 1 is 0.470 bits per heavy atom. The van der Waals surface area contributed by atoms with E-state index in [-0.39, 0.29) is 109 Å². The number of thioether (sulfide) groups is 3. The third-order valence-electron chi connectivity index (χ3n) is 29.4. The molecule has 28 heteroatoms. The molecule has 3 saturated carbocycles. The summed E-state index contributed by atoms with van der Waals surface area (Å²) in [5.74, 6) is 8.92. The van der Waals surface area contributed by atoms with E-state index < -0.39 is 0 Å². The number of ketones is 10. The SMILES string of the molecule is C.C.CC(=O)CN(C)C1Cc2ccccc2C1.CC(=O)[C@@H]1C2CCC(CC2)N1C.CC(=O)[C@@H]1CC2(CN1C)SCCS2.CC(=O)[C@@H]1CC2CCCC2N1C.CC(=O)[C@@H]1CC2CCCCC2N1C.CC(=O)[C@@H]1CCCN1C.CC(=O)[C@@H]1CN(C)C(=O)N1C.CC(=O)[C@@H]1Cc2ccccc2CN1C.CC(=O)[C@@H]1SC(C(C)(C)C)=NN1C.COc1cc2c(cc1OC)CN(C)[C@H](C(C)=O)C2. The number of urea groups is 1. The van der Waals surface area contributed by atoms with Crippen LogP contribution in [0.3, 0.4) is 0 Å². The number of hydrogen-bond acceptors (Lipinski definition) is 26. The molecule has 3 aromatic carbocycles. The van der Waals surface area contributed by atoms with Gasteiger partial charge < -0.3 is 19.3 Å². The molecule has 11 aliphatic heterocycles. The summed E-state index contributed by atoms with van der Waals surface area (Å²) in [6, 6.07) is 24.4. The van der Waals surface area contributed by atoms with Gasteiger partial charge in [-0.15, -0.1) is 23.5 Å². The number of likely N-dealkylation sites (N-methyl/N-ethyl adjacent to an activating group) is 11.